The van der Waals surface area contributed by atoms with E-state index in [1.165, 1.54) is 5.01 Å². The fourth-order valence-corrected chi connectivity index (χ4v) is 2.52. The molecule has 1 saturated carbocycles. The van der Waals surface area contributed by atoms with Crippen LogP contribution in [0.3, 0.4) is 0 Å². The molecule has 19 heavy (non-hydrogen) atoms. The molecular formula is C13H21N3O3. The van der Waals surface area contributed by atoms with Gasteiger partial charge in [-0.05, 0) is 31.6 Å². The maximum Gasteiger partial charge on any atom is 0.267 e. The molecule has 0 atom stereocenters. The van der Waals surface area contributed by atoms with Crippen LogP contribution in [0.5, 0.6) is 0 Å². The largest absolute Gasteiger partial charge is 0.393 e. The highest BCUT2D eigenvalue weighted by molar-refractivity contribution is 6.39. The highest BCUT2D eigenvalue weighted by Crippen LogP contribution is 2.23. The number of carbonyl (C=O) groups is 2. The van der Waals surface area contributed by atoms with Crippen molar-refractivity contribution in [2.24, 2.45) is 11.0 Å². The molecule has 106 valence electrons. The van der Waals surface area contributed by atoms with E-state index in [-0.39, 0.29) is 17.9 Å². The lowest BCUT2D eigenvalue weighted by atomic mass is 9.87. The SMILES string of the molecule is CN1N=C(C(=O)NCC2CCC(O)CC2)CCC1=O. The third-order valence-corrected chi connectivity index (χ3v) is 3.84. The summed E-state index contributed by atoms with van der Waals surface area (Å²) in [5.74, 6) is 0.208. The van der Waals surface area contributed by atoms with Crippen molar-refractivity contribution < 1.29 is 14.7 Å². The Morgan fingerprint density at radius 2 is 2.05 bits per heavy atom. The Morgan fingerprint density at radius 1 is 1.37 bits per heavy atom. The van der Waals surface area contributed by atoms with E-state index in [1.807, 2.05) is 0 Å². The fourth-order valence-electron chi connectivity index (χ4n) is 2.52. The van der Waals surface area contributed by atoms with Crippen LogP contribution in [0.1, 0.15) is 38.5 Å². The standard InChI is InChI=1S/C13H21N3O3/c1-16-12(18)7-6-11(15-16)13(19)14-8-9-2-4-10(17)5-3-9/h9-10,17H,2-8H2,1H3,(H,14,19). The molecule has 2 N–H and O–H groups in total. The van der Waals surface area contributed by atoms with Crippen molar-refractivity contribution in [2.45, 2.75) is 44.6 Å². The molecule has 0 radical (unpaired) electrons. The van der Waals surface area contributed by atoms with Crippen LogP contribution in [-0.2, 0) is 9.59 Å². The molecule has 1 fully saturated rings. The molecule has 0 unspecified atom stereocenters. The molecule has 0 saturated heterocycles. The van der Waals surface area contributed by atoms with E-state index >= 15 is 0 Å². The number of aliphatic hydroxyl groups excluding tert-OH is 1. The van der Waals surface area contributed by atoms with Gasteiger partial charge in [0, 0.05) is 26.4 Å². The van der Waals surface area contributed by atoms with Crippen LogP contribution in [0, 0.1) is 5.92 Å². The summed E-state index contributed by atoms with van der Waals surface area (Å²) in [6.45, 7) is 0.627. The van der Waals surface area contributed by atoms with Crippen molar-refractivity contribution in [1.29, 1.82) is 0 Å². The highest BCUT2D eigenvalue weighted by Gasteiger charge is 2.24. The molecule has 1 aliphatic heterocycles. The van der Waals surface area contributed by atoms with Gasteiger partial charge in [0.15, 0.2) is 0 Å². The van der Waals surface area contributed by atoms with E-state index in [2.05, 4.69) is 10.4 Å². The van der Waals surface area contributed by atoms with Crippen molar-refractivity contribution in [1.82, 2.24) is 10.3 Å². The van der Waals surface area contributed by atoms with Crippen LogP contribution in [0.15, 0.2) is 5.10 Å². The van der Waals surface area contributed by atoms with Gasteiger partial charge in [-0.3, -0.25) is 9.59 Å². The maximum atomic E-state index is 11.9. The lowest BCUT2D eigenvalue weighted by molar-refractivity contribution is -0.130. The number of nitrogens with one attached hydrogen (secondary N) is 1. The first-order valence-corrected chi connectivity index (χ1v) is 6.86. The molecule has 2 aliphatic rings. The van der Waals surface area contributed by atoms with Crippen LogP contribution in [-0.4, -0.2) is 47.3 Å². The Morgan fingerprint density at radius 3 is 2.68 bits per heavy atom. The minimum atomic E-state index is -0.175. The van der Waals surface area contributed by atoms with Gasteiger partial charge in [-0.25, -0.2) is 5.01 Å². The van der Waals surface area contributed by atoms with E-state index in [0.717, 1.165) is 25.7 Å². The molecule has 6 heteroatoms. The van der Waals surface area contributed by atoms with Gasteiger partial charge in [0.05, 0.1) is 6.10 Å². The molecule has 0 bridgehead atoms. The lowest BCUT2D eigenvalue weighted by Crippen LogP contribution is -2.40. The quantitative estimate of drug-likeness (QED) is 0.769. The van der Waals surface area contributed by atoms with Gasteiger partial charge in [0.2, 0.25) is 5.91 Å². The first kappa shape index (κ1) is 14.0. The number of rotatable bonds is 3. The summed E-state index contributed by atoms with van der Waals surface area (Å²) in [6, 6.07) is 0. The molecule has 1 aliphatic carbocycles. The number of hydrogen-bond donors (Lipinski definition) is 2. The number of amides is 2. The molecule has 1 heterocycles. The van der Waals surface area contributed by atoms with Gasteiger partial charge in [0.1, 0.15) is 5.71 Å². The number of hydrazone groups is 1. The zero-order valence-corrected chi connectivity index (χ0v) is 11.3. The second-order valence-corrected chi connectivity index (χ2v) is 5.35. The van der Waals surface area contributed by atoms with Gasteiger partial charge in [-0.1, -0.05) is 0 Å². The number of carbonyl (C=O) groups excluding carboxylic acids is 2. The van der Waals surface area contributed by atoms with Gasteiger partial charge < -0.3 is 10.4 Å². The zero-order chi connectivity index (χ0) is 13.8. The Labute approximate surface area is 112 Å². The van der Waals surface area contributed by atoms with E-state index in [9.17, 15) is 14.7 Å². The summed E-state index contributed by atoms with van der Waals surface area (Å²) in [5.41, 5.74) is 0.429. The number of hydrogen-bond acceptors (Lipinski definition) is 4. The Hall–Kier alpha value is -1.43. The molecule has 0 aromatic carbocycles. The fraction of sp³-hybridized carbons (Fsp3) is 0.769. The molecule has 0 aromatic heterocycles. The molecular weight excluding hydrogens is 246 g/mol. The lowest BCUT2D eigenvalue weighted by Gasteiger charge is -2.26. The second kappa shape index (κ2) is 6.14. The Balaban J connectivity index is 1.78. The van der Waals surface area contributed by atoms with Crippen LogP contribution >= 0.6 is 0 Å². The Bertz CT molecular complexity index is 387. The first-order valence-electron chi connectivity index (χ1n) is 6.86. The number of aliphatic hydroxyl groups is 1. The minimum absolute atomic E-state index is 0.0576. The normalized spacial score (nSPS) is 28.0. The average Bonchev–Trinajstić information content (AvgIpc) is 2.41. The summed E-state index contributed by atoms with van der Waals surface area (Å²) >= 11 is 0. The van der Waals surface area contributed by atoms with Crippen LogP contribution < -0.4 is 5.32 Å². The highest BCUT2D eigenvalue weighted by atomic mass is 16.3. The third-order valence-electron chi connectivity index (χ3n) is 3.84. The van der Waals surface area contributed by atoms with Crippen LogP contribution in [0.25, 0.3) is 0 Å². The third kappa shape index (κ3) is 3.76. The molecule has 0 spiro atoms. The van der Waals surface area contributed by atoms with Crippen LogP contribution in [0.2, 0.25) is 0 Å². The monoisotopic (exact) mass is 267 g/mol. The van der Waals surface area contributed by atoms with Crippen LogP contribution in [0.4, 0.5) is 0 Å². The predicted octanol–water partition coefficient (Wildman–Crippen LogP) is 0.262. The summed E-state index contributed by atoms with van der Waals surface area (Å²) in [4.78, 5) is 23.2. The Kier molecular flexibility index (Phi) is 4.52. The summed E-state index contributed by atoms with van der Waals surface area (Å²) < 4.78 is 0. The molecule has 2 rings (SSSR count). The average molecular weight is 267 g/mol. The summed E-state index contributed by atoms with van der Waals surface area (Å²) in [7, 11) is 1.57. The minimum Gasteiger partial charge on any atom is -0.393 e. The maximum absolute atomic E-state index is 11.9. The molecule has 2 amide bonds. The first-order chi connectivity index (χ1) is 9.06. The van der Waals surface area contributed by atoms with E-state index in [4.69, 9.17) is 0 Å². The molecule has 0 aromatic rings. The van der Waals surface area contributed by atoms with E-state index in [1.54, 1.807) is 7.05 Å². The second-order valence-electron chi connectivity index (χ2n) is 5.35. The van der Waals surface area contributed by atoms with Crippen molar-refractivity contribution in [3.05, 3.63) is 0 Å². The van der Waals surface area contributed by atoms with E-state index < -0.39 is 0 Å². The zero-order valence-electron chi connectivity index (χ0n) is 11.3. The summed E-state index contributed by atoms with van der Waals surface area (Å²) in [5, 5.41) is 17.5. The van der Waals surface area contributed by atoms with E-state index in [0.29, 0.717) is 31.0 Å². The van der Waals surface area contributed by atoms with Gasteiger partial charge >= 0.3 is 0 Å². The van der Waals surface area contributed by atoms with Crippen molar-refractivity contribution in [2.75, 3.05) is 13.6 Å². The summed E-state index contributed by atoms with van der Waals surface area (Å²) in [6.07, 6.45) is 4.13. The van der Waals surface area contributed by atoms with Crippen molar-refractivity contribution >= 4 is 17.5 Å². The van der Waals surface area contributed by atoms with Crippen molar-refractivity contribution in [3.8, 4) is 0 Å². The predicted molar refractivity (Wildman–Crippen MR) is 70.4 cm³/mol. The van der Waals surface area contributed by atoms with Gasteiger partial charge in [-0.2, -0.15) is 5.10 Å². The number of nitrogens with zero attached hydrogens (tertiary/aromatic N) is 2. The topological polar surface area (TPSA) is 82.0 Å². The smallest absolute Gasteiger partial charge is 0.267 e. The van der Waals surface area contributed by atoms with Crippen molar-refractivity contribution in [3.63, 3.8) is 0 Å². The van der Waals surface area contributed by atoms with Gasteiger partial charge in [-0.15, -0.1) is 0 Å². The molecule has 6 nitrogen and oxygen atoms in total. The van der Waals surface area contributed by atoms with Gasteiger partial charge in [0.25, 0.3) is 5.91 Å².